The van der Waals surface area contributed by atoms with Crippen LogP contribution in [0.15, 0.2) is 0 Å². The Bertz CT molecular complexity index is 142. The van der Waals surface area contributed by atoms with Crippen LogP contribution in [0, 0.1) is 17.3 Å². The predicted octanol–water partition coefficient (Wildman–Crippen LogP) is 3.18. The first-order chi connectivity index (χ1) is 5.06. The molecule has 0 aromatic heterocycles. The zero-order valence-corrected chi connectivity index (χ0v) is 8.85. The van der Waals surface area contributed by atoms with Crippen molar-refractivity contribution in [2.24, 2.45) is 5.41 Å². The Hall–Kier alpha value is -0.0900. The molecule has 0 aliphatic heterocycles. The van der Waals surface area contributed by atoms with Gasteiger partial charge in [-0.05, 0) is 32.9 Å². The molecule has 0 heterocycles. The Morgan fingerprint density at radius 2 is 1.91 bits per heavy atom. The van der Waals surface area contributed by atoms with Gasteiger partial charge in [0.1, 0.15) is 0 Å². The molecule has 0 nitrogen and oxygen atoms in total. The monoisotopic (exact) mass is 170 g/mol. The summed E-state index contributed by atoms with van der Waals surface area (Å²) in [5.74, 6) is 8.61. The standard InChI is InChI=1S/C10H18S/c1-5-8-11-9-6-7-10(2,3)4/h5,8-9H2,1-4H3. The second-order valence-corrected chi connectivity index (χ2v) is 4.71. The van der Waals surface area contributed by atoms with Crippen molar-refractivity contribution in [3.05, 3.63) is 0 Å². The van der Waals surface area contributed by atoms with E-state index in [1.807, 2.05) is 11.8 Å². The lowest BCUT2D eigenvalue weighted by molar-refractivity contribution is 0.571. The third-order valence-corrected chi connectivity index (χ3v) is 2.03. The first-order valence-corrected chi connectivity index (χ1v) is 5.29. The SMILES string of the molecule is CCCSCC#CC(C)(C)C. The third kappa shape index (κ3) is 9.91. The van der Waals surface area contributed by atoms with Crippen molar-refractivity contribution < 1.29 is 0 Å². The lowest BCUT2D eigenvalue weighted by Crippen LogP contribution is -1.99. The van der Waals surface area contributed by atoms with E-state index in [0.29, 0.717) is 0 Å². The van der Waals surface area contributed by atoms with E-state index in [1.54, 1.807) is 0 Å². The van der Waals surface area contributed by atoms with Crippen molar-refractivity contribution in [2.45, 2.75) is 34.1 Å². The van der Waals surface area contributed by atoms with Gasteiger partial charge in [0.15, 0.2) is 0 Å². The minimum absolute atomic E-state index is 0.173. The lowest BCUT2D eigenvalue weighted by Gasteiger charge is -2.06. The van der Waals surface area contributed by atoms with Crippen LogP contribution in [-0.2, 0) is 0 Å². The molecule has 0 aromatic rings. The smallest absolute Gasteiger partial charge is 0.0547 e. The van der Waals surface area contributed by atoms with E-state index in [4.69, 9.17) is 0 Å². The van der Waals surface area contributed by atoms with E-state index in [1.165, 1.54) is 12.2 Å². The molecular formula is C10H18S. The highest BCUT2D eigenvalue weighted by Gasteiger charge is 2.02. The van der Waals surface area contributed by atoms with Crippen LogP contribution in [0.4, 0.5) is 0 Å². The number of thioether (sulfide) groups is 1. The minimum atomic E-state index is 0.173. The van der Waals surface area contributed by atoms with Crippen LogP contribution in [0.1, 0.15) is 34.1 Å². The van der Waals surface area contributed by atoms with Gasteiger partial charge in [-0.3, -0.25) is 0 Å². The van der Waals surface area contributed by atoms with Gasteiger partial charge in [0.05, 0.1) is 5.75 Å². The van der Waals surface area contributed by atoms with Gasteiger partial charge in [-0.25, -0.2) is 0 Å². The zero-order valence-electron chi connectivity index (χ0n) is 8.03. The summed E-state index contributed by atoms with van der Waals surface area (Å²) in [6.45, 7) is 8.63. The normalized spacial score (nSPS) is 10.5. The van der Waals surface area contributed by atoms with Crippen LogP contribution in [0.3, 0.4) is 0 Å². The zero-order chi connectivity index (χ0) is 8.74. The lowest BCUT2D eigenvalue weighted by atomic mass is 9.98. The molecule has 0 aromatic carbocycles. The maximum Gasteiger partial charge on any atom is 0.0547 e. The molecule has 0 spiro atoms. The van der Waals surface area contributed by atoms with Crippen LogP contribution in [0.2, 0.25) is 0 Å². The van der Waals surface area contributed by atoms with Crippen LogP contribution < -0.4 is 0 Å². The van der Waals surface area contributed by atoms with Gasteiger partial charge in [0.2, 0.25) is 0 Å². The Morgan fingerprint density at radius 1 is 1.27 bits per heavy atom. The average Bonchev–Trinajstić information content (AvgIpc) is 1.85. The number of rotatable bonds is 3. The Kier molecular flexibility index (Phi) is 5.50. The van der Waals surface area contributed by atoms with Crippen molar-refractivity contribution in [1.29, 1.82) is 0 Å². The predicted molar refractivity (Wildman–Crippen MR) is 54.8 cm³/mol. The highest BCUT2D eigenvalue weighted by molar-refractivity contribution is 7.99. The van der Waals surface area contributed by atoms with E-state index < -0.39 is 0 Å². The molecule has 0 amide bonds. The number of hydrogen-bond donors (Lipinski definition) is 0. The van der Waals surface area contributed by atoms with E-state index in [-0.39, 0.29) is 5.41 Å². The molecular weight excluding hydrogens is 152 g/mol. The van der Waals surface area contributed by atoms with Crippen molar-refractivity contribution in [3.8, 4) is 11.8 Å². The van der Waals surface area contributed by atoms with Gasteiger partial charge in [0.25, 0.3) is 0 Å². The Morgan fingerprint density at radius 3 is 2.36 bits per heavy atom. The second kappa shape index (κ2) is 5.55. The molecule has 0 radical (unpaired) electrons. The quantitative estimate of drug-likeness (QED) is 0.463. The highest BCUT2D eigenvalue weighted by Crippen LogP contribution is 2.10. The maximum absolute atomic E-state index is 3.21. The molecule has 0 saturated carbocycles. The molecule has 11 heavy (non-hydrogen) atoms. The van der Waals surface area contributed by atoms with Crippen LogP contribution >= 0.6 is 11.8 Å². The molecule has 64 valence electrons. The first kappa shape index (κ1) is 10.9. The number of hydrogen-bond acceptors (Lipinski definition) is 1. The topological polar surface area (TPSA) is 0 Å². The molecule has 0 rings (SSSR count). The Balaban J connectivity index is 3.41. The van der Waals surface area contributed by atoms with Crippen LogP contribution in [-0.4, -0.2) is 11.5 Å². The largest absolute Gasteiger partial charge is 0.149 e. The van der Waals surface area contributed by atoms with E-state index in [9.17, 15) is 0 Å². The summed E-state index contributed by atoms with van der Waals surface area (Å²) in [5.41, 5.74) is 0.173. The molecule has 0 aliphatic carbocycles. The van der Waals surface area contributed by atoms with Gasteiger partial charge >= 0.3 is 0 Å². The van der Waals surface area contributed by atoms with Crippen molar-refractivity contribution >= 4 is 11.8 Å². The van der Waals surface area contributed by atoms with Gasteiger partial charge in [0, 0.05) is 5.41 Å². The first-order valence-electron chi connectivity index (χ1n) is 4.14. The van der Waals surface area contributed by atoms with Gasteiger partial charge in [-0.1, -0.05) is 18.8 Å². The molecule has 0 atom stereocenters. The molecule has 0 bridgehead atoms. The molecule has 0 unspecified atom stereocenters. The summed E-state index contributed by atoms with van der Waals surface area (Å²) in [6.07, 6.45) is 1.25. The molecule has 0 N–H and O–H groups in total. The summed E-state index contributed by atoms with van der Waals surface area (Å²) in [6, 6.07) is 0. The Labute approximate surface area is 75.1 Å². The van der Waals surface area contributed by atoms with Gasteiger partial charge in [-0.2, -0.15) is 0 Å². The van der Waals surface area contributed by atoms with Crippen molar-refractivity contribution in [3.63, 3.8) is 0 Å². The van der Waals surface area contributed by atoms with Crippen molar-refractivity contribution in [2.75, 3.05) is 11.5 Å². The maximum atomic E-state index is 3.21. The minimum Gasteiger partial charge on any atom is -0.149 e. The fourth-order valence-electron chi connectivity index (χ4n) is 0.569. The summed E-state index contributed by atoms with van der Waals surface area (Å²) >= 11 is 1.92. The molecule has 0 fully saturated rings. The van der Waals surface area contributed by atoms with Crippen molar-refractivity contribution in [1.82, 2.24) is 0 Å². The molecule has 0 saturated heterocycles. The summed E-state index contributed by atoms with van der Waals surface area (Å²) < 4.78 is 0. The van der Waals surface area contributed by atoms with Gasteiger partial charge in [-0.15, -0.1) is 11.8 Å². The summed E-state index contributed by atoms with van der Waals surface area (Å²) in [4.78, 5) is 0. The van der Waals surface area contributed by atoms with E-state index in [0.717, 1.165) is 5.75 Å². The fraction of sp³-hybridized carbons (Fsp3) is 0.800. The summed E-state index contributed by atoms with van der Waals surface area (Å²) in [7, 11) is 0. The van der Waals surface area contributed by atoms with E-state index in [2.05, 4.69) is 39.5 Å². The molecule has 1 heteroatoms. The highest BCUT2D eigenvalue weighted by atomic mass is 32.2. The summed E-state index contributed by atoms with van der Waals surface area (Å²) in [5, 5.41) is 0. The van der Waals surface area contributed by atoms with Gasteiger partial charge < -0.3 is 0 Å². The average molecular weight is 170 g/mol. The van der Waals surface area contributed by atoms with E-state index >= 15 is 0 Å². The molecule has 0 aliphatic rings. The fourth-order valence-corrected chi connectivity index (χ4v) is 1.18. The van der Waals surface area contributed by atoms with Crippen LogP contribution in [0.25, 0.3) is 0 Å². The van der Waals surface area contributed by atoms with Crippen LogP contribution in [0.5, 0.6) is 0 Å². The second-order valence-electron chi connectivity index (χ2n) is 3.60. The third-order valence-electron chi connectivity index (χ3n) is 0.986.